The third-order valence-electron chi connectivity index (χ3n) is 8.23. The number of hydrogen-bond donors (Lipinski definition) is 0. The van der Waals surface area contributed by atoms with Crippen LogP contribution in [0, 0.1) is 0 Å². The summed E-state index contributed by atoms with van der Waals surface area (Å²) in [6, 6.07) is 47.9. The van der Waals surface area contributed by atoms with Crippen molar-refractivity contribution in [3.05, 3.63) is 133 Å². The van der Waals surface area contributed by atoms with Crippen molar-refractivity contribution in [1.29, 1.82) is 0 Å². The molecular weight excluding hydrogens is 563 g/mol. The fraction of sp³-hybridized carbons (Fsp3) is 0. The van der Waals surface area contributed by atoms with E-state index in [1.165, 1.54) is 51.6 Å². The van der Waals surface area contributed by atoms with Crippen LogP contribution in [0.3, 0.4) is 0 Å². The molecule has 2 heterocycles. The van der Waals surface area contributed by atoms with Gasteiger partial charge in [0, 0.05) is 0 Å². The van der Waals surface area contributed by atoms with Crippen LogP contribution < -0.4 is 0 Å². The summed E-state index contributed by atoms with van der Waals surface area (Å²) in [5, 5.41) is 10.7. The number of hydrogen-bond acceptors (Lipinski definition) is 2. The SMILES string of the molecule is c1ccc(-c2nc3ccccc3nc2-c2ccc3c(c2)c2ccccc2c2c3ccc3c4ccccc4[se]c32)cc1. The van der Waals surface area contributed by atoms with Gasteiger partial charge in [0.2, 0.25) is 0 Å². The fourth-order valence-corrected chi connectivity index (χ4v) is 9.02. The van der Waals surface area contributed by atoms with Gasteiger partial charge < -0.3 is 0 Å². The summed E-state index contributed by atoms with van der Waals surface area (Å²) in [5.74, 6) is 0. The molecule has 0 spiro atoms. The van der Waals surface area contributed by atoms with Gasteiger partial charge in [0.15, 0.2) is 0 Å². The van der Waals surface area contributed by atoms with Crippen LogP contribution in [0.2, 0.25) is 0 Å². The Hall–Kier alpha value is -4.82. The zero-order valence-electron chi connectivity index (χ0n) is 22.0. The van der Waals surface area contributed by atoms with Gasteiger partial charge in [-0.3, -0.25) is 0 Å². The summed E-state index contributed by atoms with van der Waals surface area (Å²) >= 11 is 0.285. The molecular formula is C38H22N2Se. The van der Waals surface area contributed by atoms with Crippen LogP contribution in [-0.2, 0) is 0 Å². The molecule has 0 aliphatic heterocycles. The van der Waals surface area contributed by atoms with E-state index < -0.39 is 0 Å². The molecule has 0 aliphatic carbocycles. The van der Waals surface area contributed by atoms with Crippen LogP contribution >= 0.6 is 0 Å². The van der Waals surface area contributed by atoms with Crippen LogP contribution in [0.1, 0.15) is 0 Å². The van der Waals surface area contributed by atoms with Crippen molar-refractivity contribution < 1.29 is 0 Å². The third-order valence-corrected chi connectivity index (χ3v) is 10.8. The Morgan fingerprint density at radius 2 is 0.951 bits per heavy atom. The standard InChI is InChI=1S/C38H22N2Se/c1-2-10-23(11-3-1)36-37(40-33-16-8-7-15-32(33)39-36)24-18-19-26-29-20-21-30-27-13-6-9-17-34(27)41-38(30)35(29)28-14-5-4-12-25(28)31(26)22-24/h1-22H. The van der Waals surface area contributed by atoms with Gasteiger partial charge in [-0.25, -0.2) is 0 Å². The molecule has 9 rings (SSSR count). The van der Waals surface area contributed by atoms with Gasteiger partial charge in [-0.05, 0) is 0 Å². The van der Waals surface area contributed by atoms with Gasteiger partial charge in [-0.15, -0.1) is 0 Å². The summed E-state index contributed by atoms with van der Waals surface area (Å²) in [7, 11) is 0. The molecule has 9 aromatic rings. The van der Waals surface area contributed by atoms with Crippen molar-refractivity contribution in [3.63, 3.8) is 0 Å². The minimum atomic E-state index is 0.285. The molecule has 2 nitrogen and oxygen atoms in total. The van der Waals surface area contributed by atoms with Crippen LogP contribution in [0.5, 0.6) is 0 Å². The topological polar surface area (TPSA) is 25.8 Å². The predicted molar refractivity (Wildman–Crippen MR) is 175 cm³/mol. The molecule has 0 atom stereocenters. The maximum absolute atomic E-state index is 5.18. The molecule has 3 heteroatoms. The third kappa shape index (κ3) is 3.44. The zero-order chi connectivity index (χ0) is 26.9. The summed E-state index contributed by atoms with van der Waals surface area (Å²) in [6.45, 7) is 0. The summed E-state index contributed by atoms with van der Waals surface area (Å²) in [5.41, 5.74) is 5.78. The molecule has 0 fully saturated rings. The van der Waals surface area contributed by atoms with Crippen LogP contribution in [0.4, 0.5) is 0 Å². The van der Waals surface area contributed by atoms with Crippen molar-refractivity contribution in [2.75, 3.05) is 0 Å². The van der Waals surface area contributed by atoms with Gasteiger partial charge in [-0.1, -0.05) is 12.1 Å². The number of rotatable bonds is 2. The molecule has 0 amide bonds. The van der Waals surface area contributed by atoms with E-state index in [2.05, 4.69) is 103 Å². The number of benzene rings is 7. The maximum atomic E-state index is 5.18. The monoisotopic (exact) mass is 586 g/mol. The van der Waals surface area contributed by atoms with E-state index in [4.69, 9.17) is 9.97 Å². The van der Waals surface area contributed by atoms with E-state index in [9.17, 15) is 0 Å². The second-order valence-electron chi connectivity index (χ2n) is 10.5. The van der Waals surface area contributed by atoms with Crippen molar-refractivity contribution in [1.82, 2.24) is 9.97 Å². The van der Waals surface area contributed by atoms with Crippen molar-refractivity contribution in [3.8, 4) is 22.5 Å². The first-order valence-electron chi connectivity index (χ1n) is 13.8. The first kappa shape index (κ1) is 22.9. The van der Waals surface area contributed by atoms with E-state index in [1.807, 2.05) is 30.3 Å². The summed E-state index contributed by atoms with van der Waals surface area (Å²) < 4.78 is 2.98. The number of para-hydroxylation sites is 2. The van der Waals surface area contributed by atoms with E-state index in [1.54, 1.807) is 0 Å². The molecule has 190 valence electrons. The molecule has 0 saturated heterocycles. The van der Waals surface area contributed by atoms with Gasteiger partial charge in [-0.2, -0.15) is 0 Å². The Labute approximate surface area is 242 Å². The Morgan fingerprint density at radius 3 is 1.76 bits per heavy atom. The molecule has 0 unspecified atom stereocenters. The van der Waals surface area contributed by atoms with E-state index in [-0.39, 0.29) is 14.5 Å². The first-order chi connectivity index (χ1) is 20.3. The Kier molecular flexibility index (Phi) is 4.95. The predicted octanol–water partition coefficient (Wildman–Crippen LogP) is 9.79. The molecule has 41 heavy (non-hydrogen) atoms. The average Bonchev–Trinajstić information content (AvgIpc) is 3.43. The normalized spacial score (nSPS) is 11.9. The quantitative estimate of drug-likeness (QED) is 0.149. The minimum absolute atomic E-state index is 0.285. The van der Waals surface area contributed by atoms with Crippen molar-refractivity contribution >= 4 is 77.1 Å². The number of aromatic nitrogens is 2. The molecule has 0 radical (unpaired) electrons. The fourth-order valence-electron chi connectivity index (χ4n) is 6.36. The average molecular weight is 586 g/mol. The molecule has 0 N–H and O–H groups in total. The molecule has 0 aliphatic rings. The number of fused-ring (bicyclic) bond motifs is 11. The first-order valence-corrected chi connectivity index (χ1v) is 15.6. The van der Waals surface area contributed by atoms with Gasteiger partial charge in [0.1, 0.15) is 0 Å². The van der Waals surface area contributed by atoms with E-state index in [0.717, 1.165) is 33.5 Å². The molecule has 2 aromatic heterocycles. The number of nitrogens with zero attached hydrogens (tertiary/aromatic N) is 2. The van der Waals surface area contributed by atoms with Crippen molar-refractivity contribution in [2.45, 2.75) is 0 Å². The second kappa shape index (κ2) is 8.84. The summed E-state index contributed by atoms with van der Waals surface area (Å²) in [4.78, 5) is 10.3. The molecule has 0 bridgehead atoms. The Bertz CT molecular complexity index is 2450. The van der Waals surface area contributed by atoms with Crippen LogP contribution in [-0.4, -0.2) is 24.5 Å². The molecule has 0 saturated carbocycles. The van der Waals surface area contributed by atoms with E-state index >= 15 is 0 Å². The van der Waals surface area contributed by atoms with Gasteiger partial charge in [0.05, 0.1) is 0 Å². The zero-order valence-corrected chi connectivity index (χ0v) is 23.7. The van der Waals surface area contributed by atoms with Crippen LogP contribution in [0.25, 0.3) is 85.2 Å². The van der Waals surface area contributed by atoms with Gasteiger partial charge >= 0.3 is 231 Å². The second-order valence-corrected chi connectivity index (χ2v) is 12.8. The molecule has 7 aromatic carbocycles. The van der Waals surface area contributed by atoms with Crippen molar-refractivity contribution in [2.24, 2.45) is 0 Å². The van der Waals surface area contributed by atoms with Gasteiger partial charge in [0.25, 0.3) is 0 Å². The van der Waals surface area contributed by atoms with E-state index in [0.29, 0.717) is 0 Å². The van der Waals surface area contributed by atoms with Crippen LogP contribution in [0.15, 0.2) is 133 Å². The summed E-state index contributed by atoms with van der Waals surface area (Å²) in [6.07, 6.45) is 0. The Balaban J connectivity index is 1.39. The Morgan fingerprint density at radius 1 is 0.390 bits per heavy atom.